The molecule has 1 aliphatic heterocycles. The number of hydrogen-bond acceptors (Lipinski definition) is 2. The summed E-state index contributed by atoms with van der Waals surface area (Å²) in [6.45, 7) is 8.92. The van der Waals surface area contributed by atoms with Gasteiger partial charge in [0.25, 0.3) is 0 Å². The van der Waals surface area contributed by atoms with Crippen molar-refractivity contribution in [2.24, 2.45) is 0 Å². The molecular formula is C7H15LiNO. The van der Waals surface area contributed by atoms with Crippen molar-refractivity contribution >= 4 is 18.9 Å². The molecule has 0 saturated carbocycles. The zero-order valence-corrected chi connectivity index (χ0v) is 5.81. The van der Waals surface area contributed by atoms with E-state index >= 15 is 0 Å². The maximum absolute atomic E-state index is 5.18. The van der Waals surface area contributed by atoms with E-state index in [1.54, 1.807) is 0 Å². The molecule has 1 heterocycles. The molecule has 0 bridgehead atoms. The van der Waals surface area contributed by atoms with Crippen LogP contribution in [0.4, 0.5) is 0 Å². The van der Waals surface area contributed by atoms with E-state index in [9.17, 15) is 0 Å². The molecule has 1 rings (SSSR count). The molecule has 0 unspecified atom stereocenters. The second-order valence-electron chi connectivity index (χ2n) is 2.31. The van der Waals surface area contributed by atoms with E-state index < -0.39 is 0 Å². The Morgan fingerprint density at radius 1 is 1.30 bits per heavy atom. The fraction of sp³-hybridized carbons (Fsp3) is 0.857. The van der Waals surface area contributed by atoms with E-state index in [1.807, 2.05) is 0 Å². The summed E-state index contributed by atoms with van der Waals surface area (Å²) in [4.78, 5) is 2.39. The van der Waals surface area contributed by atoms with E-state index in [4.69, 9.17) is 4.74 Å². The summed E-state index contributed by atoms with van der Waals surface area (Å²) in [5.41, 5.74) is 0. The third-order valence-electron chi connectivity index (χ3n) is 1.58. The van der Waals surface area contributed by atoms with Crippen LogP contribution in [-0.2, 0) is 4.74 Å². The Balaban J connectivity index is 0.000000810. The van der Waals surface area contributed by atoms with Crippen molar-refractivity contribution in [3.63, 3.8) is 0 Å². The van der Waals surface area contributed by atoms with Crippen LogP contribution in [0.3, 0.4) is 0 Å². The third-order valence-corrected chi connectivity index (χ3v) is 1.58. The van der Waals surface area contributed by atoms with Gasteiger partial charge in [-0.05, 0) is 13.0 Å². The normalized spacial score (nSPS) is 20.1. The van der Waals surface area contributed by atoms with Crippen molar-refractivity contribution in [1.82, 2.24) is 4.90 Å². The average Bonchev–Trinajstić information content (AvgIpc) is 1.91. The first kappa shape index (κ1) is 10.5. The zero-order valence-electron chi connectivity index (χ0n) is 5.81. The van der Waals surface area contributed by atoms with Crippen LogP contribution in [0, 0.1) is 6.92 Å². The molecule has 55 valence electrons. The van der Waals surface area contributed by atoms with E-state index in [0.29, 0.717) is 0 Å². The van der Waals surface area contributed by atoms with Crippen molar-refractivity contribution < 1.29 is 4.74 Å². The standard InChI is InChI=1S/C7H14NO.Li.H/c1-2-3-8-4-6-9-7-5-8;;/h1-7H2;;. The van der Waals surface area contributed by atoms with Crippen LogP contribution in [0.2, 0.25) is 0 Å². The van der Waals surface area contributed by atoms with Gasteiger partial charge in [0, 0.05) is 13.1 Å². The van der Waals surface area contributed by atoms with Gasteiger partial charge in [0.05, 0.1) is 13.2 Å². The second-order valence-corrected chi connectivity index (χ2v) is 2.31. The van der Waals surface area contributed by atoms with E-state index in [1.165, 1.54) is 0 Å². The quantitative estimate of drug-likeness (QED) is 0.491. The Labute approximate surface area is 75.1 Å². The summed E-state index contributed by atoms with van der Waals surface area (Å²) in [5, 5.41) is 0. The van der Waals surface area contributed by atoms with Gasteiger partial charge in [-0.15, -0.1) is 0 Å². The third kappa shape index (κ3) is 3.63. The van der Waals surface area contributed by atoms with Crippen LogP contribution in [0.5, 0.6) is 0 Å². The predicted octanol–water partition coefficient (Wildman–Crippen LogP) is -0.106. The minimum absolute atomic E-state index is 0. The van der Waals surface area contributed by atoms with Gasteiger partial charge in [0.2, 0.25) is 0 Å². The Morgan fingerprint density at radius 3 is 2.40 bits per heavy atom. The molecule has 1 saturated heterocycles. The van der Waals surface area contributed by atoms with Crippen LogP contribution >= 0.6 is 0 Å². The van der Waals surface area contributed by atoms with Crippen LogP contribution in [0.15, 0.2) is 0 Å². The van der Waals surface area contributed by atoms with Gasteiger partial charge in [0.15, 0.2) is 0 Å². The van der Waals surface area contributed by atoms with E-state index in [2.05, 4.69) is 11.8 Å². The minimum atomic E-state index is 0. The summed E-state index contributed by atoms with van der Waals surface area (Å²) < 4.78 is 5.18. The second kappa shape index (κ2) is 6.24. The molecule has 1 radical (unpaired) electrons. The molecule has 0 spiro atoms. The molecular weight excluding hydrogens is 121 g/mol. The fourth-order valence-electron chi connectivity index (χ4n) is 1.05. The first-order valence-electron chi connectivity index (χ1n) is 3.53. The van der Waals surface area contributed by atoms with E-state index in [-0.39, 0.29) is 18.9 Å². The monoisotopic (exact) mass is 136 g/mol. The van der Waals surface area contributed by atoms with Crippen molar-refractivity contribution in [1.29, 1.82) is 0 Å². The van der Waals surface area contributed by atoms with Crippen molar-refractivity contribution in [3.05, 3.63) is 6.92 Å². The van der Waals surface area contributed by atoms with Gasteiger partial charge in [-0.3, -0.25) is 4.90 Å². The van der Waals surface area contributed by atoms with Crippen LogP contribution in [0.1, 0.15) is 6.42 Å². The van der Waals surface area contributed by atoms with Gasteiger partial charge in [-0.2, -0.15) is 0 Å². The van der Waals surface area contributed by atoms with Crippen molar-refractivity contribution in [2.45, 2.75) is 6.42 Å². The number of hydrogen-bond donors (Lipinski definition) is 0. The average molecular weight is 136 g/mol. The first-order valence-corrected chi connectivity index (χ1v) is 3.53. The molecule has 1 fully saturated rings. The topological polar surface area (TPSA) is 12.5 Å². The molecule has 0 aromatic rings. The van der Waals surface area contributed by atoms with Crippen LogP contribution < -0.4 is 0 Å². The van der Waals surface area contributed by atoms with Crippen molar-refractivity contribution in [2.75, 3.05) is 32.8 Å². The Bertz CT molecular complexity index is 71.3. The summed E-state index contributed by atoms with van der Waals surface area (Å²) >= 11 is 0. The Hall–Kier alpha value is 0.517. The van der Waals surface area contributed by atoms with Gasteiger partial charge in [-0.25, -0.2) is 0 Å². The molecule has 10 heavy (non-hydrogen) atoms. The fourth-order valence-corrected chi connectivity index (χ4v) is 1.05. The SMILES string of the molecule is [CH2]CCN1CCOCC1.[LiH]. The summed E-state index contributed by atoms with van der Waals surface area (Å²) in [6, 6.07) is 0. The van der Waals surface area contributed by atoms with Gasteiger partial charge in [0.1, 0.15) is 0 Å². The molecule has 2 nitrogen and oxygen atoms in total. The number of rotatable bonds is 2. The zero-order chi connectivity index (χ0) is 6.53. The summed E-state index contributed by atoms with van der Waals surface area (Å²) in [5.74, 6) is 0. The molecule has 0 aromatic carbocycles. The van der Waals surface area contributed by atoms with E-state index in [0.717, 1.165) is 39.3 Å². The van der Waals surface area contributed by atoms with Crippen LogP contribution in [-0.4, -0.2) is 56.6 Å². The molecule has 1 aliphatic rings. The number of ether oxygens (including phenoxy) is 1. The van der Waals surface area contributed by atoms with Crippen LogP contribution in [0.25, 0.3) is 0 Å². The maximum atomic E-state index is 5.18. The number of morpholine rings is 1. The predicted molar refractivity (Wildman–Crippen MR) is 44.4 cm³/mol. The molecule has 3 heteroatoms. The molecule has 0 N–H and O–H groups in total. The van der Waals surface area contributed by atoms with Gasteiger partial charge < -0.3 is 4.74 Å². The molecule has 0 aromatic heterocycles. The number of nitrogens with zero attached hydrogens (tertiary/aromatic N) is 1. The molecule has 0 amide bonds. The summed E-state index contributed by atoms with van der Waals surface area (Å²) in [7, 11) is 0. The Morgan fingerprint density at radius 2 is 1.90 bits per heavy atom. The van der Waals surface area contributed by atoms with Gasteiger partial charge >= 0.3 is 18.9 Å². The molecule has 0 aliphatic carbocycles. The first-order chi connectivity index (χ1) is 4.43. The summed E-state index contributed by atoms with van der Waals surface area (Å²) in [6.07, 6.45) is 1.01. The van der Waals surface area contributed by atoms with Crippen molar-refractivity contribution in [3.8, 4) is 0 Å². The molecule has 0 atom stereocenters. The Kier molecular flexibility index (Phi) is 6.56. The van der Waals surface area contributed by atoms with Gasteiger partial charge in [-0.1, -0.05) is 6.92 Å².